The number of hydrogen-bond acceptors (Lipinski definition) is 4. The Labute approximate surface area is 179 Å². The van der Waals surface area contributed by atoms with E-state index in [0.717, 1.165) is 24.4 Å². The number of rotatable bonds is 8. The second-order valence-electron chi connectivity index (χ2n) is 8.28. The van der Waals surface area contributed by atoms with Crippen LogP contribution in [0.25, 0.3) is 0 Å². The summed E-state index contributed by atoms with van der Waals surface area (Å²) in [5.41, 5.74) is 0.579. The summed E-state index contributed by atoms with van der Waals surface area (Å²) >= 11 is 0. The molecule has 1 aromatic carbocycles. The van der Waals surface area contributed by atoms with E-state index >= 15 is 0 Å². The van der Waals surface area contributed by atoms with Crippen molar-refractivity contribution in [2.45, 2.75) is 38.2 Å². The third kappa shape index (κ3) is 5.50. The van der Waals surface area contributed by atoms with Crippen molar-refractivity contribution in [3.8, 4) is 0 Å². The van der Waals surface area contributed by atoms with Crippen molar-refractivity contribution < 1.29 is 17.5 Å². The standard InChI is InChI=1S/C21H33FN4O3S/c1-17(2)29-14-15-30(27,28)26-12-10-25(11-13-26)20(23-3)24-16-21(8-9-21)18-6-4-5-7-19(18)22/h4-7,17H,8-16H2,1-3H3,(H,23,24). The smallest absolute Gasteiger partial charge is 0.216 e. The van der Waals surface area contributed by atoms with Crippen molar-refractivity contribution in [2.75, 3.05) is 52.1 Å². The summed E-state index contributed by atoms with van der Waals surface area (Å²) in [5, 5.41) is 3.39. The minimum atomic E-state index is -3.32. The molecule has 0 aromatic heterocycles. The van der Waals surface area contributed by atoms with E-state index in [1.807, 2.05) is 26.0 Å². The predicted molar refractivity (Wildman–Crippen MR) is 117 cm³/mol. The van der Waals surface area contributed by atoms with Gasteiger partial charge in [0.05, 0.1) is 18.5 Å². The Balaban J connectivity index is 1.52. The molecule has 2 fully saturated rings. The van der Waals surface area contributed by atoms with Crippen LogP contribution >= 0.6 is 0 Å². The summed E-state index contributed by atoms with van der Waals surface area (Å²) in [6.07, 6.45) is 1.91. The maximum absolute atomic E-state index is 14.2. The minimum absolute atomic E-state index is 0.00329. The van der Waals surface area contributed by atoms with Gasteiger partial charge in [0.25, 0.3) is 0 Å². The molecule has 0 radical (unpaired) electrons. The van der Waals surface area contributed by atoms with Crippen molar-refractivity contribution in [3.63, 3.8) is 0 Å². The van der Waals surface area contributed by atoms with E-state index in [9.17, 15) is 12.8 Å². The molecule has 9 heteroatoms. The van der Waals surface area contributed by atoms with Crippen LogP contribution in [0.3, 0.4) is 0 Å². The van der Waals surface area contributed by atoms with Crippen LogP contribution in [0.1, 0.15) is 32.3 Å². The maximum atomic E-state index is 14.2. The molecule has 0 bridgehead atoms. The third-order valence-electron chi connectivity index (χ3n) is 5.82. The van der Waals surface area contributed by atoms with E-state index in [1.54, 1.807) is 13.1 Å². The highest BCUT2D eigenvalue weighted by Gasteiger charge is 2.46. The van der Waals surface area contributed by atoms with E-state index in [0.29, 0.717) is 32.7 Å². The second kappa shape index (κ2) is 9.62. The number of hydrogen-bond donors (Lipinski definition) is 1. The van der Waals surface area contributed by atoms with Crippen molar-refractivity contribution in [2.24, 2.45) is 4.99 Å². The normalized spacial score (nSPS) is 19.9. The largest absolute Gasteiger partial charge is 0.378 e. The van der Waals surface area contributed by atoms with Crippen LogP contribution < -0.4 is 5.32 Å². The zero-order valence-electron chi connectivity index (χ0n) is 18.1. The molecule has 1 aliphatic heterocycles. The van der Waals surface area contributed by atoms with Crippen LogP contribution in [0.4, 0.5) is 4.39 Å². The van der Waals surface area contributed by atoms with Gasteiger partial charge in [-0.1, -0.05) is 18.2 Å². The van der Waals surface area contributed by atoms with E-state index in [1.165, 1.54) is 10.4 Å². The minimum Gasteiger partial charge on any atom is -0.378 e. The van der Waals surface area contributed by atoms with Crippen LogP contribution in [-0.2, 0) is 20.2 Å². The maximum Gasteiger partial charge on any atom is 0.216 e. The highest BCUT2D eigenvalue weighted by molar-refractivity contribution is 7.89. The zero-order chi connectivity index (χ0) is 21.8. The molecule has 1 heterocycles. The van der Waals surface area contributed by atoms with Crippen molar-refractivity contribution in [1.82, 2.24) is 14.5 Å². The first-order chi connectivity index (χ1) is 14.3. The van der Waals surface area contributed by atoms with Crippen LogP contribution in [0.5, 0.6) is 0 Å². The topological polar surface area (TPSA) is 74.2 Å². The average molecular weight is 441 g/mol. The lowest BCUT2D eigenvalue weighted by atomic mass is 9.95. The SMILES string of the molecule is CN=C(NCC1(c2ccccc2F)CC1)N1CCN(S(=O)(=O)CCOC(C)C)CC1. The quantitative estimate of drug-likeness (QED) is 0.493. The molecule has 168 valence electrons. The number of aliphatic imine (C=N–C) groups is 1. The summed E-state index contributed by atoms with van der Waals surface area (Å²) in [4.78, 5) is 6.43. The van der Waals surface area contributed by atoms with Gasteiger partial charge in [-0.05, 0) is 38.3 Å². The van der Waals surface area contributed by atoms with Gasteiger partial charge in [0, 0.05) is 45.2 Å². The third-order valence-corrected chi connectivity index (χ3v) is 7.65. The molecular formula is C21H33FN4O3S. The van der Waals surface area contributed by atoms with Crippen LogP contribution in [0.2, 0.25) is 0 Å². The lowest BCUT2D eigenvalue weighted by Crippen LogP contribution is -2.54. The first-order valence-electron chi connectivity index (χ1n) is 10.6. The highest BCUT2D eigenvalue weighted by atomic mass is 32.2. The number of piperazine rings is 1. The number of halogens is 1. The summed E-state index contributed by atoms with van der Waals surface area (Å²) in [6.45, 7) is 6.58. The molecular weight excluding hydrogens is 407 g/mol. The monoisotopic (exact) mass is 440 g/mol. The summed E-state index contributed by atoms with van der Waals surface area (Å²) in [7, 11) is -1.60. The van der Waals surface area contributed by atoms with Crippen molar-refractivity contribution >= 4 is 16.0 Å². The molecule has 7 nitrogen and oxygen atoms in total. The Hall–Kier alpha value is -1.71. The number of benzene rings is 1. The van der Waals surface area contributed by atoms with Gasteiger partial charge in [-0.2, -0.15) is 4.31 Å². The summed E-state index contributed by atoms with van der Waals surface area (Å²) < 4.78 is 46.2. The first-order valence-corrected chi connectivity index (χ1v) is 12.2. The van der Waals surface area contributed by atoms with Crippen LogP contribution in [-0.4, -0.2) is 81.8 Å². The molecule has 0 atom stereocenters. The molecule has 1 N–H and O–H groups in total. The first kappa shape index (κ1) is 23.0. The van der Waals surface area contributed by atoms with Crippen molar-refractivity contribution in [1.29, 1.82) is 0 Å². The van der Waals surface area contributed by atoms with Gasteiger partial charge in [0.15, 0.2) is 5.96 Å². The molecule has 0 amide bonds. The molecule has 1 aliphatic carbocycles. The van der Waals surface area contributed by atoms with Gasteiger partial charge < -0.3 is 15.0 Å². The Morgan fingerprint density at radius 2 is 1.90 bits per heavy atom. The van der Waals surface area contributed by atoms with Crippen LogP contribution in [0, 0.1) is 5.82 Å². The molecule has 1 aromatic rings. The Morgan fingerprint density at radius 1 is 1.23 bits per heavy atom. The predicted octanol–water partition coefficient (Wildman–Crippen LogP) is 1.81. The number of sulfonamides is 1. The Morgan fingerprint density at radius 3 is 2.47 bits per heavy atom. The highest BCUT2D eigenvalue weighted by Crippen LogP contribution is 2.48. The van der Waals surface area contributed by atoms with E-state index < -0.39 is 10.0 Å². The molecule has 2 aliphatic rings. The average Bonchev–Trinajstić information content (AvgIpc) is 3.49. The molecule has 1 saturated carbocycles. The zero-order valence-corrected chi connectivity index (χ0v) is 18.9. The number of nitrogens with one attached hydrogen (secondary N) is 1. The molecule has 1 saturated heterocycles. The van der Waals surface area contributed by atoms with E-state index in [2.05, 4.69) is 15.2 Å². The number of nitrogens with zero attached hydrogens (tertiary/aromatic N) is 3. The molecule has 30 heavy (non-hydrogen) atoms. The van der Waals surface area contributed by atoms with Crippen molar-refractivity contribution in [3.05, 3.63) is 35.6 Å². The van der Waals surface area contributed by atoms with E-state index in [4.69, 9.17) is 4.74 Å². The van der Waals surface area contributed by atoms with Gasteiger partial charge in [0.2, 0.25) is 10.0 Å². The van der Waals surface area contributed by atoms with Gasteiger partial charge in [-0.25, -0.2) is 12.8 Å². The fourth-order valence-electron chi connectivity index (χ4n) is 3.86. The van der Waals surface area contributed by atoms with Gasteiger partial charge >= 0.3 is 0 Å². The summed E-state index contributed by atoms with van der Waals surface area (Å²) in [6, 6.07) is 6.96. The van der Waals surface area contributed by atoms with Gasteiger partial charge in [-0.15, -0.1) is 0 Å². The molecule has 0 spiro atoms. The Kier molecular flexibility index (Phi) is 7.36. The lowest BCUT2D eigenvalue weighted by Gasteiger charge is -2.36. The fourth-order valence-corrected chi connectivity index (χ4v) is 5.15. The van der Waals surface area contributed by atoms with Crippen LogP contribution in [0.15, 0.2) is 29.3 Å². The lowest BCUT2D eigenvalue weighted by molar-refractivity contribution is 0.0904. The molecule has 0 unspecified atom stereocenters. The number of guanidine groups is 1. The fraction of sp³-hybridized carbons (Fsp3) is 0.667. The van der Waals surface area contributed by atoms with Gasteiger partial charge in [-0.3, -0.25) is 4.99 Å². The number of ether oxygens (including phenoxy) is 1. The molecule has 3 rings (SSSR count). The van der Waals surface area contributed by atoms with E-state index in [-0.39, 0.29) is 29.7 Å². The van der Waals surface area contributed by atoms with Gasteiger partial charge in [0.1, 0.15) is 5.82 Å². The second-order valence-corrected chi connectivity index (χ2v) is 10.4. The Bertz CT molecular complexity index is 848. The summed E-state index contributed by atoms with van der Waals surface area (Å²) in [5.74, 6) is 0.577.